The van der Waals surface area contributed by atoms with E-state index < -0.39 is 20.2 Å². The fourth-order valence-corrected chi connectivity index (χ4v) is 4.97. The fraction of sp³-hybridized carbons (Fsp3) is 0.0476. The van der Waals surface area contributed by atoms with Gasteiger partial charge in [-0.05, 0) is 56.9 Å². The van der Waals surface area contributed by atoms with Crippen LogP contribution in [0.25, 0.3) is 21.5 Å². The topological polar surface area (TPSA) is 109 Å². The molecule has 4 aromatic rings. The van der Waals surface area contributed by atoms with Crippen LogP contribution in [0.1, 0.15) is 11.1 Å². The van der Waals surface area contributed by atoms with Crippen LogP contribution in [0.4, 0.5) is 0 Å². The first-order valence-corrected chi connectivity index (χ1v) is 11.5. The van der Waals surface area contributed by atoms with Crippen molar-refractivity contribution >= 4 is 101 Å². The quantitative estimate of drug-likeness (QED) is 0.347. The van der Waals surface area contributed by atoms with E-state index in [0.717, 1.165) is 10.8 Å². The summed E-state index contributed by atoms with van der Waals surface area (Å²) in [5.74, 6) is 0. The van der Waals surface area contributed by atoms with Gasteiger partial charge in [0.05, 0.1) is 9.79 Å². The van der Waals surface area contributed by atoms with E-state index in [1.807, 2.05) is 0 Å². The molecule has 4 rings (SSSR count). The molecular formula is C21H16Na2O6S2. The first-order valence-electron chi connectivity index (χ1n) is 8.61. The molecule has 0 unspecified atom stereocenters. The Morgan fingerprint density at radius 1 is 0.548 bits per heavy atom. The second kappa shape index (κ2) is 10.0. The molecule has 150 valence electrons. The van der Waals surface area contributed by atoms with E-state index in [2.05, 4.69) is 0 Å². The summed E-state index contributed by atoms with van der Waals surface area (Å²) in [4.78, 5) is -0.601. The summed E-state index contributed by atoms with van der Waals surface area (Å²) in [5.41, 5.74) is 0.456. The van der Waals surface area contributed by atoms with Gasteiger partial charge in [0.15, 0.2) is 0 Å². The molecule has 0 bridgehead atoms. The molecule has 4 aromatic carbocycles. The first-order chi connectivity index (χ1) is 13.6. The van der Waals surface area contributed by atoms with Crippen molar-refractivity contribution in [3.8, 4) is 0 Å². The molecule has 0 atom stereocenters. The van der Waals surface area contributed by atoms with Crippen LogP contribution in [0.15, 0.2) is 82.6 Å². The standard InChI is InChI=1S/C21H16O6S2.2Na/c22-28(23,24)20-12-16-7-3-1-5-14(16)9-18(20)11-19-10-15-6-2-4-8-17(15)13-21(19)29(25,26)27;;/h1-10,12-13H,11H2,(H,22,23,24)(H,25,26,27);;. The Bertz CT molecular complexity index is 1370. The van der Waals surface area contributed by atoms with E-state index in [9.17, 15) is 25.9 Å². The van der Waals surface area contributed by atoms with Crippen molar-refractivity contribution in [1.29, 1.82) is 0 Å². The zero-order valence-corrected chi connectivity index (χ0v) is 22.6. The van der Waals surface area contributed by atoms with Crippen LogP contribution in [0.2, 0.25) is 0 Å². The molecule has 0 aliphatic carbocycles. The number of hydrogen-bond donors (Lipinski definition) is 2. The average Bonchev–Trinajstić information content (AvgIpc) is 2.65. The minimum absolute atomic E-state index is 0. The first kappa shape index (κ1) is 26.5. The fourth-order valence-electron chi connectivity index (χ4n) is 3.49. The van der Waals surface area contributed by atoms with Crippen LogP contribution in [0.5, 0.6) is 0 Å². The van der Waals surface area contributed by atoms with Gasteiger partial charge in [-0.3, -0.25) is 9.11 Å². The second-order valence-corrected chi connectivity index (χ2v) is 9.52. The minimum atomic E-state index is -4.55. The smallest absolute Gasteiger partial charge is 0.282 e. The molecule has 0 saturated heterocycles. The Hall–Kier alpha value is -0.780. The van der Waals surface area contributed by atoms with E-state index in [1.54, 1.807) is 60.7 Å². The summed E-state index contributed by atoms with van der Waals surface area (Å²) in [5, 5.41) is 2.72. The molecule has 31 heavy (non-hydrogen) atoms. The van der Waals surface area contributed by atoms with Gasteiger partial charge in [0, 0.05) is 65.5 Å². The summed E-state index contributed by atoms with van der Waals surface area (Å²) in [6.07, 6.45) is -0.111. The van der Waals surface area contributed by atoms with Crippen LogP contribution >= 0.6 is 0 Å². The van der Waals surface area contributed by atoms with Crippen molar-refractivity contribution < 1.29 is 25.9 Å². The van der Waals surface area contributed by atoms with Crippen LogP contribution in [0.3, 0.4) is 0 Å². The van der Waals surface area contributed by atoms with Crippen molar-refractivity contribution in [2.45, 2.75) is 16.2 Å². The summed E-state index contributed by atoms with van der Waals surface area (Å²) in [6.45, 7) is 0. The van der Waals surface area contributed by atoms with Crippen molar-refractivity contribution in [2.24, 2.45) is 0 Å². The van der Waals surface area contributed by atoms with Crippen molar-refractivity contribution in [2.75, 3.05) is 0 Å². The van der Waals surface area contributed by atoms with E-state index >= 15 is 0 Å². The maximum Gasteiger partial charge on any atom is 0.294 e. The Labute approximate surface area is 224 Å². The molecule has 0 heterocycles. The maximum absolute atomic E-state index is 12.0. The zero-order chi connectivity index (χ0) is 20.8. The van der Waals surface area contributed by atoms with E-state index in [1.165, 1.54) is 12.1 Å². The van der Waals surface area contributed by atoms with Gasteiger partial charge in [0.25, 0.3) is 20.2 Å². The number of benzene rings is 4. The SMILES string of the molecule is O=S(=O)(O)c1cc2ccccc2cc1Cc1cc2ccccc2cc1S(=O)(=O)O.[Na].[Na]. The van der Waals surface area contributed by atoms with E-state index in [0.29, 0.717) is 10.8 Å². The summed E-state index contributed by atoms with van der Waals surface area (Å²) >= 11 is 0. The summed E-state index contributed by atoms with van der Waals surface area (Å²) in [6, 6.07) is 20.0. The molecule has 0 aromatic heterocycles. The third-order valence-electron chi connectivity index (χ3n) is 4.79. The predicted octanol–water partition coefficient (Wildman–Crippen LogP) is 3.32. The van der Waals surface area contributed by atoms with Crippen molar-refractivity contribution in [3.05, 3.63) is 83.9 Å². The van der Waals surface area contributed by atoms with Gasteiger partial charge in [0.2, 0.25) is 0 Å². The average molecular weight is 474 g/mol. The molecule has 0 aliphatic rings. The molecule has 2 N–H and O–H groups in total. The van der Waals surface area contributed by atoms with Crippen LogP contribution < -0.4 is 0 Å². The van der Waals surface area contributed by atoms with Gasteiger partial charge in [-0.15, -0.1) is 0 Å². The molecule has 0 amide bonds. The Balaban J connectivity index is 0.00000171. The van der Waals surface area contributed by atoms with Gasteiger partial charge in [-0.25, -0.2) is 0 Å². The second-order valence-electron chi connectivity index (χ2n) is 6.74. The van der Waals surface area contributed by atoms with Crippen LogP contribution in [-0.4, -0.2) is 85.1 Å². The molecule has 0 aliphatic heterocycles. The zero-order valence-electron chi connectivity index (χ0n) is 17.0. The Kier molecular flexibility index (Phi) is 8.55. The molecule has 2 radical (unpaired) electrons. The normalized spacial score (nSPS) is 11.7. The van der Waals surface area contributed by atoms with Gasteiger partial charge < -0.3 is 0 Å². The number of rotatable bonds is 4. The number of hydrogen-bond acceptors (Lipinski definition) is 4. The molecule has 0 fully saturated rings. The molecule has 0 spiro atoms. The van der Waals surface area contributed by atoms with E-state index in [-0.39, 0.29) is 86.5 Å². The molecule has 0 saturated carbocycles. The Morgan fingerprint density at radius 3 is 1.13 bits per heavy atom. The summed E-state index contributed by atoms with van der Waals surface area (Å²) < 4.78 is 67.3. The van der Waals surface area contributed by atoms with Gasteiger partial charge in [-0.1, -0.05) is 48.5 Å². The third kappa shape index (κ3) is 5.78. The predicted molar refractivity (Wildman–Crippen MR) is 122 cm³/mol. The van der Waals surface area contributed by atoms with Crippen LogP contribution in [-0.2, 0) is 26.7 Å². The molecule has 6 nitrogen and oxygen atoms in total. The molecular weight excluding hydrogens is 458 g/mol. The molecule has 10 heteroatoms. The van der Waals surface area contributed by atoms with Gasteiger partial charge in [-0.2, -0.15) is 16.8 Å². The largest absolute Gasteiger partial charge is 0.294 e. The van der Waals surface area contributed by atoms with Crippen LogP contribution in [0, 0.1) is 0 Å². The summed E-state index contributed by atoms with van der Waals surface area (Å²) in [7, 11) is -9.10. The minimum Gasteiger partial charge on any atom is -0.282 e. The third-order valence-corrected chi connectivity index (χ3v) is 6.67. The van der Waals surface area contributed by atoms with E-state index in [4.69, 9.17) is 0 Å². The van der Waals surface area contributed by atoms with Crippen molar-refractivity contribution in [1.82, 2.24) is 0 Å². The van der Waals surface area contributed by atoms with Crippen molar-refractivity contribution in [3.63, 3.8) is 0 Å². The van der Waals surface area contributed by atoms with Gasteiger partial charge in [0.1, 0.15) is 0 Å². The monoisotopic (exact) mass is 474 g/mol. The van der Waals surface area contributed by atoms with Gasteiger partial charge >= 0.3 is 0 Å². The Morgan fingerprint density at radius 2 is 0.839 bits per heavy atom. The number of fused-ring (bicyclic) bond motifs is 2. The maximum atomic E-state index is 12.0.